The van der Waals surface area contributed by atoms with Gasteiger partial charge in [-0.1, -0.05) is 16.9 Å². The van der Waals surface area contributed by atoms with Gasteiger partial charge in [0.1, 0.15) is 5.52 Å². The number of hydrogen-bond donors (Lipinski definition) is 3. The highest BCUT2D eigenvalue weighted by Crippen LogP contribution is 2.29. The molecule has 0 fully saturated rings. The van der Waals surface area contributed by atoms with Crippen LogP contribution in [0.4, 0.5) is 11.4 Å². The first kappa shape index (κ1) is 39.5. The van der Waals surface area contributed by atoms with Crippen LogP contribution in [0.3, 0.4) is 0 Å². The van der Waals surface area contributed by atoms with Gasteiger partial charge >= 0.3 is 5.82 Å². The summed E-state index contributed by atoms with van der Waals surface area (Å²) in [5, 5.41) is 27.8. The lowest BCUT2D eigenvalue weighted by Crippen LogP contribution is -2.47. The van der Waals surface area contributed by atoms with Crippen LogP contribution in [0.25, 0.3) is 56.2 Å². The van der Waals surface area contributed by atoms with Crippen LogP contribution in [0.2, 0.25) is 0 Å². The molecular formula is C49H34N11O5+. The molecule has 4 aromatic heterocycles. The second kappa shape index (κ2) is 16.3. The molecule has 0 aliphatic rings. The minimum Gasteiger partial charge on any atom is -0.373 e. The Morgan fingerprint density at radius 2 is 1.23 bits per heavy atom. The molecule has 0 aliphatic heterocycles. The molecule has 10 aromatic rings. The molecule has 0 aliphatic carbocycles. The summed E-state index contributed by atoms with van der Waals surface area (Å²) in [5.74, 6) is -0.172. The van der Waals surface area contributed by atoms with E-state index in [0.29, 0.717) is 72.6 Å². The van der Waals surface area contributed by atoms with Crippen molar-refractivity contribution in [2.24, 2.45) is 0 Å². The van der Waals surface area contributed by atoms with Crippen molar-refractivity contribution in [1.82, 2.24) is 33.5 Å². The molecule has 4 heterocycles. The fourth-order valence-electron chi connectivity index (χ4n) is 7.40. The second-order valence-electron chi connectivity index (χ2n) is 14.9. The van der Waals surface area contributed by atoms with Gasteiger partial charge in [-0.15, -0.1) is 0 Å². The number of ketones is 1. The Balaban J connectivity index is 1.01. The molecule has 0 bridgehead atoms. The van der Waals surface area contributed by atoms with Crippen LogP contribution >= 0.6 is 0 Å². The summed E-state index contributed by atoms with van der Waals surface area (Å²) < 4.78 is 7.62. The summed E-state index contributed by atoms with van der Waals surface area (Å²) >= 11 is 0. The van der Waals surface area contributed by atoms with Crippen molar-refractivity contribution in [2.45, 2.75) is 6.92 Å². The smallest absolute Gasteiger partial charge is 0.312 e. The van der Waals surface area contributed by atoms with Crippen LogP contribution in [-0.4, -0.2) is 56.4 Å². The molecule has 314 valence electrons. The first-order valence-corrected chi connectivity index (χ1v) is 20.1. The number of anilines is 2. The van der Waals surface area contributed by atoms with E-state index in [2.05, 4.69) is 26.7 Å². The number of carbonyl (C=O) groups excluding carboxylic acids is 3. The van der Waals surface area contributed by atoms with E-state index in [-0.39, 0.29) is 23.4 Å². The molecule has 0 radical (unpaired) electrons. The van der Waals surface area contributed by atoms with E-state index in [0.717, 1.165) is 16.1 Å². The number of aromatic nitrogens is 8. The minimum atomic E-state index is -0.363. The van der Waals surface area contributed by atoms with E-state index in [1.807, 2.05) is 29.0 Å². The van der Waals surface area contributed by atoms with Gasteiger partial charge in [0.05, 0.1) is 35.5 Å². The standard InChI is InChI=1S/C49H33N11O5/c1-31(61)33-3-5-35(6-4-33)47(62)54-39-15-9-37(10-16-39)49-58(64)45-27-41(57-25-23-52-30-57)19-21-43(45)60(49)65-59-44-26-32(28-50)2-20-42(44)55-46(59)34-7-13-38(14-8-34)53-48(63)36-11-17-40(18-12-36)56-24-22-51-29-56/h2-27,29-30,64H,1H3,(H,53,55,63)/p+1. The van der Waals surface area contributed by atoms with Gasteiger partial charge in [0.2, 0.25) is 5.82 Å². The monoisotopic (exact) mass is 856 g/mol. The van der Waals surface area contributed by atoms with Crippen LogP contribution < -0.4 is 20.3 Å². The number of hydrogen-bond acceptors (Lipinski definition) is 9. The summed E-state index contributed by atoms with van der Waals surface area (Å²) in [6.07, 6.45) is 10.3. The number of nitrogens with zero attached hydrogens (tertiary/aromatic N) is 9. The van der Waals surface area contributed by atoms with Crippen molar-refractivity contribution in [3.63, 3.8) is 0 Å². The van der Waals surface area contributed by atoms with Crippen LogP contribution in [0, 0.1) is 11.3 Å². The topological polar surface area (TPSA) is 191 Å². The number of nitriles is 1. The summed E-state index contributed by atoms with van der Waals surface area (Å²) in [6.45, 7) is 1.46. The third-order valence-electron chi connectivity index (χ3n) is 10.8. The summed E-state index contributed by atoms with van der Waals surface area (Å²) in [5.41, 5.74) is 7.35. The van der Waals surface area contributed by atoms with Crippen molar-refractivity contribution in [1.29, 1.82) is 5.26 Å². The van der Waals surface area contributed by atoms with Gasteiger partial charge in [-0.05, 0) is 126 Å². The SMILES string of the molecule is CC(=O)c1ccc(C(=O)Nc2ccc(-c3n(O)c4cc(-n5ccnc5)ccc4[n+]3On3c(-c4ccc(NC(=O)c5ccc(-n6ccnc6)cc5)cc4)nc4ccc(C#N)cc43)cc2)cc1. The molecule has 0 unspecified atom stereocenters. The van der Waals surface area contributed by atoms with E-state index in [4.69, 9.17) is 9.92 Å². The lowest BCUT2D eigenvalue weighted by molar-refractivity contribution is -0.876. The van der Waals surface area contributed by atoms with Crippen molar-refractivity contribution in [3.8, 4) is 40.2 Å². The van der Waals surface area contributed by atoms with Crippen LogP contribution in [0.1, 0.15) is 43.6 Å². The van der Waals surface area contributed by atoms with Gasteiger partial charge in [-0.25, -0.2) is 15.0 Å². The molecular weight excluding hydrogens is 823 g/mol. The highest BCUT2D eigenvalue weighted by Gasteiger charge is 2.30. The van der Waals surface area contributed by atoms with Crippen molar-refractivity contribution >= 4 is 51.0 Å². The molecule has 0 saturated heterocycles. The lowest BCUT2D eigenvalue weighted by atomic mass is 10.1. The highest BCUT2D eigenvalue weighted by atomic mass is 16.8. The third kappa shape index (κ3) is 7.57. The molecule has 16 heteroatoms. The predicted molar refractivity (Wildman–Crippen MR) is 240 cm³/mol. The Morgan fingerprint density at radius 3 is 1.82 bits per heavy atom. The lowest BCUT2D eigenvalue weighted by Gasteiger charge is -2.09. The Hall–Kier alpha value is -9.62. The van der Waals surface area contributed by atoms with Crippen molar-refractivity contribution in [2.75, 3.05) is 10.6 Å². The minimum absolute atomic E-state index is 0.0977. The number of nitrogens with one attached hydrogen (secondary N) is 2. The summed E-state index contributed by atoms with van der Waals surface area (Å²) in [4.78, 5) is 58.1. The first-order chi connectivity index (χ1) is 31.7. The molecule has 65 heavy (non-hydrogen) atoms. The normalized spacial score (nSPS) is 11.1. The second-order valence-corrected chi connectivity index (χ2v) is 14.9. The van der Waals surface area contributed by atoms with Gasteiger partial charge in [-0.2, -0.15) is 10.2 Å². The molecule has 0 saturated carbocycles. The van der Waals surface area contributed by atoms with Gasteiger partial charge in [0.15, 0.2) is 22.3 Å². The number of Topliss-reactive ketones (excluding diaryl/α,β-unsaturated/α-hetero) is 1. The average Bonchev–Trinajstić information content (AvgIpc) is 4.18. The fraction of sp³-hybridized carbons (Fsp3) is 0.0204. The zero-order chi connectivity index (χ0) is 44.6. The number of carbonyl (C=O) groups is 3. The molecule has 6 aromatic carbocycles. The molecule has 0 spiro atoms. The van der Waals surface area contributed by atoms with E-state index >= 15 is 0 Å². The number of benzene rings is 6. The van der Waals surface area contributed by atoms with Crippen LogP contribution in [0.5, 0.6) is 0 Å². The molecule has 2 amide bonds. The van der Waals surface area contributed by atoms with Gasteiger partial charge in [-0.3, -0.25) is 14.4 Å². The zero-order valence-electron chi connectivity index (χ0n) is 34.3. The Labute approximate surface area is 369 Å². The summed E-state index contributed by atoms with van der Waals surface area (Å²) in [7, 11) is 0. The predicted octanol–water partition coefficient (Wildman–Crippen LogP) is 7.69. The van der Waals surface area contributed by atoms with Gasteiger partial charge < -0.3 is 25.0 Å². The highest BCUT2D eigenvalue weighted by molar-refractivity contribution is 6.05. The maximum atomic E-state index is 13.3. The van der Waals surface area contributed by atoms with E-state index in [1.165, 1.54) is 16.4 Å². The number of amides is 2. The van der Waals surface area contributed by atoms with E-state index in [9.17, 15) is 24.9 Å². The van der Waals surface area contributed by atoms with Crippen LogP contribution in [0.15, 0.2) is 171 Å². The van der Waals surface area contributed by atoms with E-state index in [1.54, 1.807) is 151 Å². The number of fused-ring (bicyclic) bond motifs is 2. The Morgan fingerprint density at radius 1 is 0.662 bits per heavy atom. The molecule has 10 rings (SSSR count). The van der Waals surface area contributed by atoms with Crippen molar-refractivity contribution in [3.05, 3.63) is 193 Å². The maximum absolute atomic E-state index is 13.3. The number of rotatable bonds is 11. The average molecular weight is 857 g/mol. The van der Waals surface area contributed by atoms with E-state index < -0.39 is 0 Å². The Kier molecular flexibility index (Phi) is 9.93. The maximum Gasteiger partial charge on any atom is 0.312 e. The molecule has 0 atom stereocenters. The molecule has 3 N–H and O–H groups in total. The third-order valence-corrected chi connectivity index (χ3v) is 10.8. The summed E-state index contributed by atoms with van der Waals surface area (Å²) in [6, 6.07) is 40.2. The number of imidazole rings is 4. The fourth-order valence-corrected chi connectivity index (χ4v) is 7.40. The van der Waals surface area contributed by atoms with Gasteiger partial charge in [0.25, 0.3) is 11.8 Å². The van der Waals surface area contributed by atoms with Crippen LogP contribution in [-0.2, 0) is 0 Å². The van der Waals surface area contributed by atoms with Crippen molar-refractivity contribution < 1.29 is 29.3 Å². The largest absolute Gasteiger partial charge is 0.373 e. The molecule has 16 nitrogen and oxygen atoms in total. The Bertz CT molecular complexity index is 3460. The first-order valence-electron chi connectivity index (χ1n) is 20.1. The zero-order valence-corrected chi connectivity index (χ0v) is 34.3. The van der Waals surface area contributed by atoms with Gasteiger partial charge in [0, 0.05) is 76.2 Å². The quantitative estimate of drug-likeness (QED) is 0.0665.